The highest BCUT2D eigenvalue weighted by Crippen LogP contribution is 2.40. The first-order chi connectivity index (χ1) is 21.8. The third-order valence-corrected chi connectivity index (χ3v) is 8.14. The molecule has 5 nitrogen and oxygen atoms in total. The van der Waals surface area contributed by atoms with E-state index in [0.29, 0.717) is 17.5 Å². The molecule has 0 aliphatic heterocycles. The van der Waals surface area contributed by atoms with E-state index in [1.165, 1.54) is 5.56 Å². The molecule has 206 valence electrons. The molecule has 5 heteroatoms. The van der Waals surface area contributed by atoms with Gasteiger partial charge in [-0.3, -0.25) is 0 Å². The summed E-state index contributed by atoms with van der Waals surface area (Å²) in [6.07, 6.45) is 0. The Balaban J connectivity index is 1.21. The van der Waals surface area contributed by atoms with Crippen LogP contribution >= 0.6 is 0 Å². The fourth-order valence-electron chi connectivity index (χ4n) is 5.96. The van der Waals surface area contributed by atoms with E-state index in [2.05, 4.69) is 54.6 Å². The number of furan rings is 2. The first-order valence-electron chi connectivity index (χ1n) is 14.5. The largest absolute Gasteiger partial charge is 0.452 e. The van der Waals surface area contributed by atoms with Crippen molar-refractivity contribution in [2.45, 2.75) is 0 Å². The van der Waals surface area contributed by atoms with Crippen LogP contribution in [0.3, 0.4) is 0 Å². The summed E-state index contributed by atoms with van der Waals surface area (Å²) in [5, 5.41) is 4.06. The number of fused-ring (bicyclic) bond motifs is 7. The maximum atomic E-state index is 6.44. The van der Waals surface area contributed by atoms with Gasteiger partial charge in [0.05, 0.1) is 0 Å². The second-order valence-electron chi connectivity index (χ2n) is 10.8. The SMILES string of the molecule is c1ccc(-c2ccc3oc4c(ccc5c6cc(-c7nc(-c8ccccc8)nc(-c8ccccc8)n7)ccc6oc54)c3c2)cc1. The summed E-state index contributed by atoms with van der Waals surface area (Å²) in [5.41, 5.74) is 8.17. The molecule has 0 aliphatic carbocycles. The average molecular weight is 566 g/mol. The van der Waals surface area contributed by atoms with Gasteiger partial charge in [-0.05, 0) is 53.6 Å². The van der Waals surface area contributed by atoms with Crippen LogP contribution in [0.5, 0.6) is 0 Å². The van der Waals surface area contributed by atoms with Crippen molar-refractivity contribution in [3.05, 3.63) is 140 Å². The van der Waals surface area contributed by atoms with E-state index in [1.54, 1.807) is 0 Å². The van der Waals surface area contributed by atoms with Gasteiger partial charge in [-0.1, -0.05) is 97.1 Å². The van der Waals surface area contributed by atoms with E-state index in [9.17, 15) is 0 Å². The summed E-state index contributed by atoms with van der Waals surface area (Å²) in [6, 6.07) is 47.1. The van der Waals surface area contributed by atoms with Crippen LogP contribution in [0.1, 0.15) is 0 Å². The first kappa shape index (κ1) is 24.5. The average Bonchev–Trinajstić information content (AvgIpc) is 3.67. The van der Waals surface area contributed by atoms with Gasteiger partial charge in [0.1, 0.15) is 11.2 Å². The molecular weight excluding hydrogens is 542 g/mol. The standard InChI is InChI=1S/C39H23N3O2/c1-4-10-24(11-5-1)27-16-20-33-31(22-27)29-18-19-30-32-23-28(17-21-34(32)44-36(30)35(29)43-33)39-41-37(25-12-6-2-7-13-25)40-38(42-39)26-14-8-3-9-15-26/h1-23H. The molecule has 0 radical (unpaired) electrons. The van der Waals surface area contributed by atoms with Gasteiger partial charge in [0.15, 0.2) is 28.6 Å². The quantitative estimate of drug-likeness (QED) is 0.212. The lowest BCUT2D eigenvalue weighted by molar-refractivity contribution is 0.633. The highest BCUT2D eigenvalue weighted by atomic mass is 16.4. The minimum Gasteiger partial charge on any atom is -0.452 e. The maximum absolute atomic E-state index is 6.44. The van der Waals surface area contributed by atoms with Crippen molar-refractivity contribution in [2.24, 2.45) is 0 Å². The molecule has 3 heterocycles. The molecule has 44 heavy (non-hydrogen) atoms. The highest BCUT2D eigenvalue weighted by molar-refractivity contribution is 6.19. The predicted molar refractivity (Wildman–Crippen MR) is 176 cm³/mol. The van der Waals surface area contributed by atoms with Crippen LogP contribution < -0.4 is 0 Å². The first-order valence-corrected chi connectivity index (χ1v) is 14.5. The lowest BCUT2D eigenvalue weighted by atomic mass is 10.0. The topological polar surface area (TPSA) is 65.0 Å². The Morgan fingerprint density at radius 3 is 1.23 bits per heavy atom. The lowest BCUT2D eigenvalue weighted by Crippen LogP contribution is -2.00. The van der Waals surface area contributed by atoms with E-state index in [4.69, 9.17) is 23.8 Å². The van der Waals surface area contributed by atoms with Crippen LogP contribution in [0.4, 0.5) is 0 Å². The Labute approximate surface area is 252 Å². The van der Waals surface area contributed by atoms with Crippen molar-refractivity contribution >= 4 is 43.9 Å². The Bertz CT molecular complexity index is 2420. The summed E-state index contributed by atoms with van der Waals surface area (Å²) in [7, 11) is 0. The number of hydrogen-bond donors (Lipinski definition) is 0. The van der Waals surface area contributed by atoms with Crippen LogP contribution in [0, 0.1) is 0 Å². The predicted octanol–water partition coefficient (Wildman–Crippen LogP) is 10.3. The molecule has 3 aromatic heterocycles. The fraction of sp³-hybridized carbons (Fsp3) is 0. The Hall–Kier alpha value is -6.07. The molecule has 9 rings (SSSR count). The van der Waals surface area contributed by atoms with Gasteiger partial charge in [-0.15, -0.1) is 0 Å². The molecule has 0 N–H and O–H groups in total. The van der Waals surface area contributed by atoms with Crippen LogP contribution in [-0.4, -0.2) is 15.0 Å². The monoisotopic (exact) mass is 565 g/mol. The van der Waals surface area contributed by atoms with Crippen molar-refractivity contribution in [3.63, 3.8) is 0 Å². The summed E-state index contributed by atoms with van der Waals surface area (Å²) in [5.74, 6) is 1.86. The van der Waals surface area contributed by atoms with E-state index in [0.717, 1.165) is 66.1 Å². The van der Waals surface area contributed by atoms with Crippen LogP contribution in [-0.2, 0) is 0 Å². The van der Waals surface area contributed by atoms with Gasteiger partial charge in [-0.25, -0.2) is 15.0 Å². The molecule has 0 aliphatic rings. The molecule has 0 bridgehead atoms. The number of rotatable bonds is 4. The third kappa shape index (κ3) is 3.98. The molecule has 0 amide bonds. The molecule has 9 aromatic rings. The lowest BCUT2D eigenvalue weighted by Gasteiger charge is -2.08. The van der Waals surface area contributed by atoms with E-state index < -0.39 is 0 Å². The molecule has 0 spiro atoms. The zero-order valence-corrected chi connectivity index (χ0v) is 23.4. The highest BCUT2D eigenvalue weighted by Gasteiger charge is 2.18. The molecular formula is C39H23N3O2. The number of benzene rings is 6. The van der Waals surface area contributed by atoms with Gasteiger partial charge < -0.3 is 8.83 Å². The van der Waals surface area contributed by atoms with E-state index in [-0.39, 0.29) is 0 Å². The van der Waals surface area contributed by atoms with E-state index in [1.807, 2.05) is 84.9 Å². The zero-order chi connectivity index (χ0) is 29.0. The second kappa shape index (κ2) is 9.75. The normalized spacial score (nSPS) is 11.6. The van der Waals surface area contributed by atoms with Crippen molar-refractivity contribution in [3.8, 4) is 45.3 Å². The van der Waals surface area contributed by atoms with E-state index >= 15 is 0 Å². The van der Waals surface area contributed by atoms with Crippen molar-refractivity contribution < 1.29 is 8.83 Å². The smallest absolute Gasteiger partial charge is 0.178 e. The van der Waals surface area contributed by atoms with Crippen LogP contribution in [0.2, 0.25) is 0 Å². The molecule has 0 unspecified atom stereocenters. The minimum atomic E-state index is 0.604. The maximum Gasteiger partial charge on any atom is 0.178 e. The van der Waals surface area contributed by atoms with Gasteiger partial charge in [0, 0.05) is 38.2 Å². The molecule has 0 atom stereocenters. The molecule has 0 saturated carbocycles. The zero-order valence-electron chi connectivity index (χ0n) is 23.4. The Morgan fingerprint density at radius 2 is 0.727 bits per heavy atom. The third-order valence-electron chi connectivity index (χ3n) is 8.14. The summed E-state index contributed by atoms with van der Waals surface area (Å²) in [4.78, 5) is 14.7. The van der Waals surface area contributed by atoms with Gasteiger partial charge in [0.2, 0.25) is 0 Å². The summed E-state index contributed by atoms with van der Waals surface area (Å²) >= 11 is 0. The van der Waals surface area contributed by atoms with Crippen LogP contribution in [0.15, 0.2) is 148 Å². The fourth-order valence-corrected chi connectivity index (χ4v) is 5.96. The minimum absolute atomic E-state index is 0.604. The van der Waals surface area contributed by atoms with Gasteiger partial charge in [0.25, 0.3) is 0 Å². The molecule has 6 aromatic carbocycles. The number of hydrogen-bond acceptors (Lipinski definition) is 5. The van der Waals surface area contributed by atoms with Gasteiger partial charge in [-0.2, -0.15) is 0 Å². The van der Waals surface area contributed by atoms with Gasteiger partial charge >= 0.3 is 0 Å². The van der Waals surface area contributed by atoms with Crippen molar-refractivity contribution in [1.82, 2.24) is 15.0 Å². The Morgan fingerprint density at radius 1 is 0.318 bits per heavy atom. The van der Waals surface area contributed by atoms with Crippen molar-refractivity contribution in [1.29, 1.82) is 0 Å². The number of aromatic nitrogens is 3. The van der Waals surface area contributed by atoms with Crippen LogP contribution in [0.25, 0.3) is 89.2 Å². The number of nitrogens with zero attached hydrogens (tertiary/aromatic N) is 3. The second-order valence-corrected chi connectivity index (χ2v) is 10.8. The molecule has 0 fully saturated rings. The summed E-state index contributed by atoms with van der Waals surface area (Å²) < 4.78 is 12.8. The van der Waals surface area contributed by atoms with Crippen molar-refractivity contribution in [2.75, 3.05) is 0 Å². The Kier molecular flexibility index (Phi) is 5.43. The molecule has 0 saturated heterocycles. The summed E-state index contributed by atoms with van der Waals surface area (Å²) in [6.45, 7) is 0.